The van der Waals surface area contributed by atoms with Gasteiger partial charge in [-0.15, -0.1) is 0 Å². The second-order valence-electron chi connectivity index (χ2n) is 7.47. The molecule has 0 radical (unpaired) electrons. The van der Waals surface area contributed by atoms with Gasteiger partial charge in [-0.2, -0.15) is 0 Å². The highest BCUT2D eigenvalue weighted by Gasteiger charge is 2.18. The predicted octanol–water partition coefficient (Wildman–Crippen LogP) is 3.46. The number of aliphatic hydroxyl groups excluding tert-OH is 1. The molecule has 1 unspecified atom stereocenters. The third kappa shape index (κ3) is 5.29. The molecule has 1 atom stereocenters. The Balaban J connectivity index is 1.68. The number of benzene rings is 1. The molecule has 0 bridgehead atoms. The van der Waals surface area contributed by atoms with Gasteiger partial charge in [-0.25, -0.2) is 0 Å². The van der Waals surface area contributed by atoms with Gasteiger partial charge in [0.2, 0.25) is 0 Å². The van der Waals surface area contributed by atoms with E-state index >= 15 is 0 Å². The number of rotatable bonds is 6. The summed E-state index contributed by atoms with van der Waals surface area (Å²) in [5.41, 5.74) is 1.53. The number of likely N-dealkylation sites (tertiary alicyclic amines) is 1. The molecule has 1 fully saturated rings. The van der Waals surface area contributed by atoms with Gasteiger partial charge in [0.1, 0.15) is 5.75 Å². The highest BCUT2D eigenvalue weighted by Crippen LogP contribution is 2.24. The van der Waals surface area contributed by atoms with Gasteiger partial charge >= 0.3 is 0 Å². The summed E-state index contributed by atoms with van der Waals surface area (Å²) < 4.78 is 5.84. The van der Waals surface area contributed by atoms with Crippen LogP contribution >= 0.6 is 0 Å². The molecule has 124 valence electrons. The first-order valence-corrected chi connectivity index (χ1v) is 8.55. The van der Waals surface area contributed by atoms with E-state index in [1.165, 1.54) is 18.4 Å². The van der Waals surface area contributed by atoms with Crippen molar-refractivity contribution in [2.75, 3.05) is 32.8 Å². The smallest absolute Gasteiger partial charge is 0.119 e. The molecular formula is C19H31NO2. The first kappa shape index (κ1) is 17.3. The van der Waals surface area contributed by atoms with E-state index in [0.29, 0.717) is 12.5 Å². The Morgan fingerprint density at radius 2 is 1.95 bits per heavy atom. The number of hydrogen-bond donors (Lipinski definition) is 1. The first-order valence-electron chi connectivity index (χ1n) is 8.55. The van der Waals surface area contributed by atoms with Crippen LogP contribution in [0.15, 0.2) is 24.3 Å². The monoisotopic (exact) mass is 305 g/mol. The lowest BCUT2D eigenvalue weighted by Gasteiger charge is -2.31. The van der Waals surface area contributed by atoms with E-state index in [-0.39, 0.29) is 5.41 Å². The van der Waals surface area contributed by atoms with Gasteiger partial charge < -0.3 is 14.7 Å². The van der Waals surface area contributed by atoms with Gasteiger partial charge in [0, 0.05) is 19.7 Å². The maximum atomic E-state index is 9.26. The van der Waals surface area contributed by atoms with E-state index in [1.807, 2.05) is 0 Å². The maximum absolute atomic E-state index is 9.26. The molecule has 1 heterocycles. The molecule has 1 aromatic carbocycles. The average Bonchev–Trinajstić information content (AvgIpc) is 2.51. The minimum atomic E-state index is 0.191. The molecule has 3 heteroatoms. The minimum Gasteiger partial charge on any atom is -0.494 e. The number of aliphatic hydroxyl groups is 1. The summed E-state index contributed by atoms with van der Waals surface area (Å²) in [6.45, 7) is 11.0. The van der Waals surface area contributed by atoms with Crippen LogP contribution in [0.3, 0.4) is 0 Å². The van der Waals surface area contributed by atoms with Crippen molar-refractivity contribution in [3.8, 4) is 5.75 Å². The van der Waals surface area contributed by atoms with Crippen molar-refractivity contribution in [2.24, 2.45) is 5.92 Å². The second kappa shape index (κ2) is 7.98. The van der Waals surface area contributed by atoms with E-state index in [9.17, 15) is 5.11 Å². The summed E-state index contributed by atoms with van der Waals surface area (Å²) in [6, 6.07) is 8.46. The molecule has 0 amide bonds. The van der Waals surface area contributed by atoms with Crippen molar-refractivity contribution >= 4 is 0 Å². The molecule has 0 aromatic heterocycles. The zero-order chi connectivity index (χ0) is 16.0. The zero-order valence-electron chi connectivity index (χ0n) is 14.3. The third-order valence-corrected chi connectivity index (χ3v) is 4.47. The van der Waals surface area contributed by atoms with Crippen LogP contribution in [0.25, 0.3) is 0 Å². The largest absolute Gasteiger partial charge is 0.494 e. The molecule has 1 aliphatic heterocycles. The fourth-order valence-electron chi connectivity index (χ4n) is 3.03. The third-order valence-electron chi connectivity index (χ3n) is 4.47. The first-order chi connectivity index (χ1) is 10.5. The molecule has 22 heavy (non-hydrogen) atoms. The van der Waals surface area contributed by atoms with Gasteiger partial charge in [0.15, 0.2) is 0 Å². The molecule has 1 N–H and O–H groups in total. The molecule has 3 nitrogen and oxygen atoms in total. The lowest BCUT2D eigenvalue weighted by atomic mass is 9.87. The molecule has 0 spiro atoms. The van der Waals surface area contributed by atoms with Gasteiger partial charge in [0.05, 0.1) is 6.61 Å². The van der Waals surface area contributed by atoms with E-state index in [4.69, 9.17) is 4.74 Å². The standard InChI is InChI=1S/C19H31NO2/c1-19(2,3)17-7-9-18(10-8-17)22-13-5-12-20-11-4-6-16(14-20)15-21/h7-10,16,21H,4-6,11-15H2,1-3H3. The Morgan fingerprint density at radius 1 is 1.23 bits per heavy atom. The highest BCUT2D eigenvalue weighted by molar-refractivity contribution is 5.31. The van der Waals surface area contributed by atoms with Crippen LogP contribution in [-0.4, -0.2) is 42.9 Å². The van der Waals surface area contributed by atoms with Gasteiger partial charge in [-0.05, 0) is 54.8 Å². The lowest BCUT2D eigenvalue weighted by Crippen LogP contribution is -2.37. The van der Waals surface area contributed by atoms with Crippen molar-refractivity contribution in [2.45, 2.75) is 45.4 Å². The Hall–Kier alpha value is -1.06. The summed E-state index contributed by atoms with van der Waals surface area (Å²) in [5, 5.41) is 9.26. The van der Waals surface area contributed by atoms with Crippen LogP contribution in [0, 0.1) is 5.92 Å². The SMILES string of the molecule is CC(C)(C)c1ccc(OCCCN2CCCC(CO)C2)cc1. The van der Waals surface area contributed by atoms with Gasteiger partial charge in [-0.3, -0.25) is 0 Å². The Bertz CT molecular complexity index is 436. The van der Waals surface area contributed by atoms with E-state index in [2.05, 4.69) is 49.9 Å². The molecule has 0 aliphatic carbocycles. The van der Waals surface area contributed by atoms with Crippen LogP contribution in [0.1, 0.15) is 45.6 Å². The molecule has 1 saturated heterocycles. The van der Waals surface area contributed by atoms with Crippen LogP contribution < -0.4 is 4.74 Å². The number of piperidine rings is 1. The Labute approximate surface area is 135 Å². The zero-order valence-corrected chi connectivity index (χ0v) is 14.3. The van der Waals surface area contributed by atoms with Crippen LogP contribution in [-0.2, 0) is 5.41 Å². The van der Waals surface area contributed by atoms with Crippen molar-refractivity contribution < 1.29 is 9.84 Å². The quantitative estimate of drug-likeness (QED) is 0.817. The molecule has 1 aromatic rings. The maximum Gasteiger partial charge on any atom is 0.119 e. The Morgan fingerprint density at radius 3 is 2.59 bits per heavy atom. The number of ether oxygens (including phenoxy) is 1. The molecular weight excluding hydrogens is 274 g/mol. The van der Waals surface area contributed by atoms with Crippen LogP contribution in [0.2, 0.25) is 0 Å². The van der Waals surface area contributed by atoms with Crippen molar-refractivity contribution in [3.63, 3.8) is 0 Å². The molecule has 2 rings (SSSR count). The predicted molar refractivity (Wildman–Crippen MR) is 91.5 cm³/mol. The molecule has 0 saturated carbocycles. The summed E-state index contributed by atoms with van der Waals surface area (Å²) in [7, 11) is 0. The average molecular weight is 305 g/mol. The van der Waals surface area contributed by atoms with Crippen molar-refractivity contribution in [1.29, 1.82) is 0 Å². The summed E-state index contributed by atoms with van der Waals surface area (Å²) >= 11 is 0. The van der Waals surface area contributed by atoms with Crippen molar-refractivity contribution in [1.82, 2.24) is 4.90 Å². The van der Waals surface area contributed by atoms with Gasteiger partial charge in [-0.1, -0.05) is 32.9 Å². The van der Waals surface area contributed by atoms with Crippen molar-refractivity contribution in [3.05, 3.63) is 29.8 Å². The topological polar surface area (TPSA) is 32.7 Å². The second-order valence-corrected chi connectivity index (χ2v) is 7.47. The number of nitrogens with zero attached hydrogens (tertiary/aromatic N) is 1. The van der Waals surface area contributed by atoms with E-state index in [0.717, 1.165) is 38.4 Å². The normalized spacial score (nSPS) is 20.1. The summed E-state index contributed by atoms with van der Waals surface area (Å²) in [4.78, 5) is 2.45. The molecule has 1 aliphatic rings. The highest BCUT2D eigenvalue weighted by atomic mass is 16.5. The minimum absolute atomic E-state index is 0.191. The number of hydrogen-bond acceptors (Lipinski definition) is 3. The van der Waals surface area contributed by atoms with E-state index < -0.39 is 0 Å². The summed E-state index contributed by atoms with van der Waals surface area (Å²) in [5.74, 6) is 1.43. The summed E-state index contributed by atoms with van der Waals surface area (Å²) in [6.07, 6.45) is 3.42. The lowest BCUT2D eigenvalue weighted by molar-refractivity contribution is 0.115. The van der Waals surface area contributed by atoms with E-state index in [1.54, 1.807) is 0 Å². The Kier molecular flexibility index (Phi) is 6.27. The van der Waals surface area contributed by atoms with Crippen LogP contribution in [0.5, 0.6) is 5.75 Å². The van der Waals surface area contributed by atoms with Gasteiger partial charge in [0.25, 0.3) is 0 Å². The fourth-order valence-corrected chi connectivity index (χ4v) is 3.03. The van der Waals surface area contributed by atoms with Crippen LogP contribution in [0.4, 0.5) is 0 Å². The fraction of sp³-hybridized carbons (Fsp3) is 0.684.